The predicted octanol–water partition coefficient (Wildman–Crippen LogP) is -8.90. The summed E-state index contributed by atoms with van der Waals surface area (Å²) in [6, 6.07) is -4.29. The molecule has 3 saturated heterocycles. The molecule has 5 aliphatic rings. The first-order valence-corrected chi connectivity index (χ1v) is 18.0. The van der Waals surface area contributed by atoms with Crippen LogP contribution in [-0.2, 0) is 28.4 Å². The number of hydrogen-bond donors (Lipinski definition) is 16. The van der Waals surface area contributed by atoms with E-state index in [9.17, 15) is 71.5 Å². The summed E-state index contributed by atoms with van der Waals surface area (Å²) >= 11 is 0. The topological polar surface area (TPSA) is 363 Å². The lowest BCUT2D eigenvalue weighted by atomic mass is 9.86. The third-order valence-corrected chi connectivity index (χ3v) is 11.1. The Labute approximate surface area is 315 Å². The van der Waals surface area contributed by atoms with Crippen LogP contribution in [0.1, 0.15) is 13.8 Å². The lowest BCUT2D eigenvalue weighted by molar-refractivity contribution is -0.357. The number of aliphatic hydroxyl groups is 14. The normalized spacial score (nSPS) is 51.0. The van der Waals surface area contributed by atoms with Gasteiger partial charge in [-0.1, -0.05) is 12.2 Å². The number of ether oxygens (including phenoxy) is 6. The maximum Gasteiger partial charge on any atom is 0.187 e. The second kappa shape index (κ2) is 18.7. The number of hydrogen-bond acceptors (Lipinski definition) is 22. The molecule has 0 saturated carbocycles. The second-order valence-corrected chi connectivity index (χ2v) is 14.6. The zero-order valence-corrected chi connectivity index (χ0v) is 30.3. The molecule has 0 spiro atoms. The Morgan fingerprint density at radius 1 is 0.545 bits per heavy atom. The largest absolute Gasteiger partial charge is 0.394 e. The van der Waals surface area contributed by atoms with Gasteiger partial charge in [0.25, 0.3) is 0 Å². The molecule has 23 atom stereocenters. The highest BCUT2D eigenvalue weighted by Crippen LogP contribution is 2.34. The average molecular weight is 801 g/mol. The second-order valence-electron chi connectivity index (χ2n) is 14.6. The van der Waals surface area contributed by atoms with Crippen LogP contribution in [0.4, 0.5) is 0 Å². The Kier molecular flexibility index (Phi) is 15.2. The first kappa shape index (κ1) is 44.7. The third kappa shape index (κ3) is 8.96. The molecule has 0 aromatic rings. The van der Waals surface area contributed by atoms with Gasteiger partial charge >= 0.3 is 0 Å². The Balaban J connectivity index is 1.23. The molecular weight excluding hydrogens is 744 g/mol. The fourth-order valence-electron chi connectivity index (χ4n) is 7.74. The van der Waals surface area contributed by atoms with Gasteiger partial charge in [-0.05, 0) is 25.0 Å². The number of nitrogens with one attached hydrogen (secondary N) is 2. The van der Waals surface area contributed by atoms with E-state index >= 15 is 0 Å². The van der Waals surface area contributed by atoms with Crippen LogP contribution in [-0.4, -0.2) is 239 Å². The molecule has 55 heavy (non-hydrogen) atoms. The highest BCUT2D eigenvalue weighted by Gasteiger charge is 2.53. The molecule has 22 heteroatoms. The van der Waals surface area contributed by atoms with Crippen LogP contribution in [0.5, 0.6) is 0 Å². The zero-order chi connectivity index (χ0) is 40.6. The van der Waals surface area contributed by atoms with E-state index in [1.165, 1.54) is 26.2 Å². The van der Waals surface area contributed by atoms with Gasteiger partial charge in [0.15, 0.2) is 18.9 Å². The van der Waals surface area contributed by atoms with Crippen molar-refractivity contribution in [1.82, 2.24) is 10.6 Å². The van der Waals surface area contributed by atoms with Gasteiger partial charge in [0.05, 0.1) is 56.2 Å². The van der Waals surface area contributed by atoms with E-state index in [1.807, 2.05) is 0 Å². The monoisotopic (exact) mass is 800 g/mol. The molecule has 0 amide bonds. The average Bonchev–Trinajstić information content (AvgIpc) is 3.17. The van der Waals surface area contributed by atoms with Gasteiger partial charge in [0.2, 0.25) is 0 Å². The molecule has 5 rings (SSSR count). The summed E-state index contributed by atoms with van der Waals surface area (Å²) in [6.45, 7) is 0.856. The maximum absolute atomic E-state index is 11.1. The minimum atomic E-state index is -1.96. The summed E-state index contributed by atoms with van der Waals surface area (Å²) < 4.78 is 33.6. The van der Waals surface area contributed by atoms with E-state index < -0.39 is 161 Å². The predicted molar refractivity (Wildman–Crippen MR) is 179 cm³/mol. The molecule has 0 aromatic heterocycles. The molecule has 3 fully saturated rings. The van der Waals surface area contributed by atoms with E-state index in [4.69, 9.17) is 28.4 Å². The number of aliphatic hydroxyl groups excluding tert-OH is 14. The molecule has 0 radical (unpaired) electrons. The standard InChI is InChI=1S/C33H56N2O20/c1-9-16(21(42)26(47)31(50-3)51-9)35-14-5-12(7-37)29(24(45)20(14)41)54-33-28(49)25(46)30(15(8-38)53-33)55-32-27(48)22(43)17(10(2)52-32)34-13-4-11(6-36)18(39)23(44)19(13)40/h4-5,9-10,13-49H,6-8H2,1-3H3. The first-order valence-electron chi connectivity index (χ1n) is 18.0. The number of rotatable bonds is 12. The summed E-state index contributed by atoms with van der Waals surface area (Å²) in [5.74, 6) is 0. The van der Waals surface area contributed by atoms with Gasteiger partial charge in [0.1, 0.15) is 85.5 Å². The number of methoxy groups -OCH3 is 1. The van der Waals surface area contributed by atoms with Crippen molar-refractivity contribution >= 4 is 0 Å². The van der Waals surface area contributed by atoms with Crippen LogP contribution in [0.25, 0.3) is 0 Å². The molecule has 16 N–H and O–H groups in total. The van der Waals surface area contributed by atoms with Crippen LogP contribution >= 0.6 is 0 Å². The van der Waals surface area contributed by atoms with E-state index in [1.54, 1.807) is 6.92 Å². The summed E-state index contributed by atoms with van der Waals surface area (Å²) in [5, 5.41) is 154. The molecule has 23 unspecified atom stereocenters. The molecule has 0 bridgehead atoms. The maximum atomic E-state index is 11.1. The molecular formula is C33H56N2O20. The molecule has 0 aromatic carbocycles. The van der Waals surface area contributed by atoms with Gasteiger partial charge in [-0.25, -0.2) is 0 Å². The van der Waals surface area contributed by atoms with Crippen LogP contribution < -0.4 is 10.6 Å². The molecule has 2 aliphatic carbocycles. The van der Waals surface area contributed by atoms with Crippen LogP contribution in [0, 0.1) is 0 Å². The van der Waals surface area contributed by atoms with Gasteiger partial charge in [-0.15, -0.1) is 0 Å². The van der Waals surface area contributed by atoms with Crippen molar-refractivity contribution in [3.05, 3.63) is 23.3 Å². The van der Waals surface area contributed by atoms with E-state index in [0.717, 1.165) is 0 Å². The van der Waals surface area contributed by atoms with Crippen molar-refractivity contribution in [2.45, 2.75) is 155 Å². The van der Waals surface area contributed by atoms with Crippen LogP contribution in [0.2, 0.25) is 0 Å². The third-order valence-electron chi connectivity index (χ3n) is 11.1. The highest BCUT2D eigenvalue weighted by atomic mass is 16.7. The zero-order valence-electron chi connectivity index (χ0n) is 30.3. The fourth-order valence-corrected chi connectivity index (χ4v) is 7.74. The summed E-state index contributed by atoms with van der Waals surface area (Å²) in [6.07, 6.45) is -26.8. The smallest absolute Gasteiger partial charge is 0.187 e. The summed E-state index contributed by atoms with van der Waals surface area (Å²) in [7, 11) is 1.29. The van der Waals surface area contributed by atoms with Crippen LogP contribution in [0.15, 0.2) is 23.3 Å². The van der Waals surface area contributed by atoms with Gasteiger partial charge < -0.3 is 111 Å². The first-order chi connectivity index (χ1) is 26.0. The van der Waals surface area contributed by atoms with Crippen molar-refractivity contribution in [2.75, 3.05) is 26.9 Å². The Morgan fingerprint density at radius 2 is 1.02 bits per heavy atom. The fraction of sp³-hybridized carbons (Fsp3) is 0.879. The van der Waals surface area contributed by atoms with Crippen molar-refractivity contribution in [1.29, 1.82) is 0 Å². The lowest BCUT2D eigenvalue weighted by Crippen LogP contribution is -2.68. The lowest BCUT2D eigenvalue weighted by Gasteiger charge is -2.48. The van der Waals surface area contributed by atoms with Gasteiger partial charge in [0, 0.05) is 7.11 Å². The Bertz CT molecular complexity index is 1310. The van der Waals surface area contributed by atoms with E-state index in [2.05, 4.69) is 10.6 Å². The quantitative estimate of drug-likeness (QED) is 0.0815. The molecule has 22 nitrogen and oxygen atoms in total. The van der Waals surface area contributed by atoms with Crippen LogP contribution in [0.3, 0.4) is 0 Å². The van der Waals surface area contributed by atoms with Crippen molar-refractivity contribution < 1.29 is 99.9 Å². The van der Waals surface area contributed by atoms with Gasteiger partial charge in [-0.2, -0.15) is 0 Å². The Hall–Kier alpha value is -1.40. The highest BCUT2D eigenvalue weighted by molar-refractivity contribution is 5.24. The summed E-state index contributed by atoms with van der Waals surface area (Å²) in [4.78, 5) is 0. The van der Waals surface area contributed by atoms with E-state index in [0.29, 0.717) is 0 Å². The molecule has 3 aliphatic heterocycles. The summed E-state index contributed by atoms with van der Waals surface area (Å²) in [5.41, 5.74) is 0.00797. The van der Waals surface area contributed by atoms with E-state index in [-0.39, 0.29) is 11.1 Å². The van der Waals surface area contributed by atoms with Crippen molar-refractivity contribution in [3.63, 3.8) is 0 Å². The minimum Gasteiger partial charge on any atom is -0.394 e. The van der Waals surface area contributed by atoms with Crippen molar-refractivity contribution in [3.8, 4) is 0 Å². The van der Waals surface area contributed by atoms with Crippen molar-refractivity contribution in [2.24, 2.45) is 0 Å². The minimum absolute atomic E-state index is 0.00641. The van der Waals surface area contributed by atoms with Gasteiger partial charge in [-0.3, -0.25) is 0 Å². The Morgan fingerprint density at radius 3 is 1.55 bits per heavy atom. The molecule has 318 valence electrons. The molecule has 3 heterocycles. The SMILES string of the molecule is COC1OC(C)C(NC2C=C(CO)C(OC3OC(CO)C(OC4OC(C)C(NC5C=C(CO)C(O)C(O)C5O)C(O)C4O)C(O)C3O)C(O)C2O)C(O)C1O.